The number of ether oxygens (including phenoxy) is 2. The molecule has 1 saturated heterocycles. The lowest BCUT2D eigenvalue weighted by Gasteiger charge is -2.10. The van der Waals surface area contributed by atoms with E-state index in [1.165, 1.54) is 6.92 Å². The smallest absolute Gasteiger partial charge is 0.302 e. The first-order valence-electron chi connectivity index (χ1n) is 5.73. The fraction of sp³-hybridized carbons (Fsp3) is 0.917. The van der Waals surface area contributed by atoms with E-state index < -0.39 is 0 Å². The van der Waals surface area contributed by atoms with Crippen LogP contribution in [0.2, 0.25) is 0 Å². The summed E-state index contributed by atoms with van der Waals surface area (Å²) in [6, 6.07) is 0. The van der Waals surface area contributed by atoms with Crippen LogP contribution in [0.1, 0.15) is 47.0 Å². The van der Waals surface area contributed by atoms with E-state index in [1.54, 1.807) is 0 Å². The Hall–Kier alpha value is -0.570. The molecule has 1 rings (SSSR count). The first-order chi connectivity index (χ1) is 6.92. The predicted octanol–water partition coefficient (Wildman–Crippen LogP) is 2.53. The van der Waals surface area contributed by atoms with Gasteiger partial charge in [0.2, 0.25) is 0 Å². The molecule has 0 spiro atoms. The minimum Gasteiger partial charge on any atom is -0.466 e. The largest absolute Gasteiger partial charge is 0.466 e. The van der Waals surface area contributed by atoms with Crippen molar-refractivity contribution in [2.75, 3.05) is 6.61 Å². The van der Waals surface area contributed by atoms with Gasteiger partial charge in [0.1, 0.15) is 0 Å². The van der Waals surface area contributed by atoms with Crippen molar-refractivity contribution in [3.63, 3.8) is 0 Å². The van der Waals surface area contributed by atoms with Crippen LogP contribution in [0.5, 0.6) is 0 Å². The first kappa shape index (κ1) is 12.5. The maximum atomic E-state index is 10.5. The molecule has 88 valence electrons. The maximum absolute atomic E-state index is 10.5. The van der Waals surface area contributed by atoms with Crippen molar-refractivity contribution < 1.29 is 14.3 Å². The Morgan fingerprint density at radius 2 is 2.07 bits per heavy atom. The molecule has 1 aliphatic rings. The van der Waals surface area contributed by atoms with E-state index in [1.807, 2.05) is 0 Å². The molecule has 1 aliphatic heterocycles. The second kappa shape index (κ2) is 4.97. The molecule has 2 atom stereocenters. The molecule has 0 aromatic rings. The molecule has 0 bridgehead atoms. The average Bonchev–Trinajstić information content (AvgIpc) is 2.70. The molecular formula is C12H22O3. The second-order valence-corrected chi connectivity index (χ2v) is 5.02. The number of hydrogen-bond donors (Lipinski definition) is 0. The molecule has 1 heterocycles. The lowest BCUT2D eigenvalue weighted by atomic mass is 9.98. The fourth-order valence-electron chi connectivity index (χ4n) is 1.72. The molecule has 0 saturated carbocycles. The van der Waals surface area contributed by atoms with Crippen LogP contribution >= 0.6 is 0 Å². The highest BCUT2D eigenvalue weighted by Crippen LogP contribution is 2.39. The molecule has 0 radical (unpaired) electrons. The van der Waals surface area contributed by atoms with Crippen LogP contribution in [0.25, 0.3) is 0 Å². The quantitative estimate of drug-likeness (QED) is 0.504. The van der Waals surface area contributed by atoms with E-state index >= 15 is 0 Å². The van der Waals surface area contributed by atoms with E-state index in [2.05, 4.69) is 20.8 Å². The summed E-state index contributed by atoms with van der Waals surface area (Å²) in [5.41, 5.74) is 0.107. The number of carbonyl (C=O) groups excluding carboxylic acids is 1. The zero-order chi connectivity index (χ0) is 11.5. The monoisotopic (exact) mass is 214 g/mol. The number of epoxide rings is 1. The molecule has 15 heavy (non-hydrogen) atoms. The maximum Gasteiger partial charge on any atom is 0.302 e. The van der Waals surface area contributed by atoms with Gasteiger partial charge in [-0.05, 0) is 39.0 Å². The van der Waals surface area contributed by atoms with Gasteiger partial charge < -0.3 is 9.47 Å². The highest BCUT2D eigenvalue weighted by molar-refractivity contribution is 5.65. The molecule has 1 fully saturated rings. The van der Waals surface area contributed by atoms with Crippen LogP contribution < -0.4 is 0 Å². The lowest BCUT2D eigenvalue weighted by Crippen LogP contribution is -2.08. The molecule has 3 heteroatoms. The van der Waals surface area contributed by atoms with Gasteiger partial charge in [0.25, 0.3) is 0 Å². The molecule has 0 aromatic carbocycles. The van der Waals surface area contributed by atoms with E-state index in [-0.39, 0.29) is 11.6 Å². The normalized spacial score (nSPS) is 24.7. The molecule has 0 N–H and O–H groups in total. The van der Waals surface area contributed by atoms with Crippen molar-refractivity contribution in [1.29, 1.82) is 0 Å². The SMILES string of the molecule is CC(=O)OCC[C@@H](C)CCC1OC1(C)C. The summed E-state index contributed by atoms with van der Waals surface area (Å²) in [6.45, 7) is 8.44. The first-order valence-corrected chi connectivity index (χ1v) is 5.73. The van der Waals surface area contributed by atoms with Gasteiger partial charge in [-0.25, -0.2) is 0 Å². The van der Waals surface area contributed by atoms with Crippen LogP contribution in [0.4, 0.5) is 0 Å². The molecule has 1 unspecified atom stereocenters. The Balaban J connectivity index is 1.99. The topological polar surface area (TPSA) is 38.8 Å². The van der Waals surface area contributed by atoms with E-state index in [9.17, 15) is 4.79 Å². The van der Waals surface area contributed by atoms with Gasteiger partial charge in [-0.3, -0.25) is 4.79 Å². The van der Waals surface area contributed by atoms with Crippen LogP contribution in [0, 0.1) is 5.92 Å². The third-order valence-corrected chi connectivity index (χ3v) is 3.00. The zero-order valence-corrected chi connectivity index (χ0v) is 10.2. The molecule has 0 amide bonds. The summed E-state index contributed by atoms with van der Waals surface area (Å²) in [5, 5.41) is 0. The van der Waals surface area contributed by atoms with Gasteiger partial charge in [-0.2, -0.15) is 0 Å². The van der Waals surface area contributed by atoms with Gasteiger partial charge in [0.05, 0.1) is 18.3 Å². The van der Waals surface area contributed by atoms with Gasteiger partial charge in [0, 0.05) is 6.92 Å². The third-order valence-electron chi connectivity index (χ3n) is 3.00. The Morgan fingerprint density at radius 1 is 1.47 bits per heavy atom. The van der Waals surface area contributed by atoms with Crippen molar-refractivity contribution in [2.24, 2.45) is 5.92 Å². The van der Waals surface area contributed by atoms with Crippen LogP contribution in [0.3, 0.4) is 0 Å². The minimum atomic E-state index is -0.186. The molecular weight excluding hydrogens is 192 g/mol. The molecule has 0 aliphatic carbocycles. The number of esters is 1. The Bertz CT molecular complexity index is 223. The number of rotatable bonds is 6. The summed E-state index contributed by atoms with van der Waals surface area (Å²) in [5.74, 6) is 0.415. The zero-order valence-electron chi connectivity index (χ0n) is 10.2. The molecule has 3 nitrogen and oxygen atoms in total. The number of hydrogen-bond acceptors (Lipinski definition) is 3. The summed E-state index contributed by atoms with van der Waals surface area (Å²) in [6.07, 6.45) is 3.66. The van der Waals surface area contributed by atoms with Crippen molar-refractivity contribution in [3.8, 4) is 0 Å². The summed E-state index contributed by atoms with van der Waals surface area (Å²) < 4.78 is 10.4. The van der Waals surface area contributed by atoms with Crippen molar-refractivity contribution in [1.82, 2.24) is 0 Å². The van der Waals surface area contributed by atoms with Gasteiger partial charge in [-0.15, -0.1) is 0 Å². The highest BCUT2D eigenvalue weighted by atomic mass is 16.6. The summed E-state index contributed by atoms with van der Waals surface area (Å²) >= 11 is 0. The Morgan fingerprint density at radius 3 is 2.53 bits per heavy atom. The lowest BCUT2D eigenvalue weighted by molar-refractivity contribution is -0.141. The van der Waals surface area contributed by atoms with Crippen LogP contribution in [-0.2, 0) is 14.3 Å². The Labute approximate surface area is 92.1 Å². The van der Waals surface area contributed by atoms with E-state index in [0.29, 0.717) is 18.6 Å². The predicted molar refractivity (Wildman–Crippen MR) is 58.6 cm³/mol. The number of carbonyl (C=O) groups is 1. The average molecular weight is 214 g/mol. The van der Waals surface area contributed by atoms with Crippen LogP contribution in [-0.4, -0.2) is 24.3 Å². The third kappa shape index (κ3) is 4.65. The Kier molecular flexibility index (Phi) is 4.14. The van der Waals surface area contributed by atoms with Crippen LogP contribution in [0.15, 0.2) is 0 Å². The van der Waals surface area contributed by atoms with Gasteiger partial charge in [-0.1, -0.05) is 6.92 Å². The van der Waals surface area contributed by atoms with E-state index in [4.69, 9.17) is 9.47 Å². The van der Waals surface area contributed by atoms with Gasteiger partial charge >= 0.3 is 5.97 Å². The van der Waals surface area contributed by atoms with Crippen molar-refractivity contribution >= 4 is 5.97 Å². The summed E-state index contributed by atoms with van der Waals surface area (Å²) in [4.78, 5) is 10.5. The summed E-state index contributed by atoms with van der Waals surface area (Å²) in [7, 11) is 0. The van der Waals surface area contributed by atoms with E-state index in [0.717, 1.165) is 19.3 Å². The second-order valence-electron chi connectivity index (χ2n) is 5.02. The van der Waals surface area contributed by atoms with Gasteiger partial charge in [0.15, 0.2) is 0 Å². The molecule has 0 aromatic heterocycles. The standard InChI is InChI=1S/C12H22O3/c1-9(7-8-14-10(2)13)5-6-11-12(3,4)15-11/h9,11H,5-8H2,1-4H3/t9-,11?/m0/s1. The fourth-order valence-corrected chi connectivity index (χ4v) is 1.72. The highest BCUT2D eigenvalue weighted by Gasteiger charge is 2.46. The minimum absolute atomic E-state index is 0.107. The van der Waals surface area contributed by atoms with Crippen molar-refractivity contribution in [3.05, 3.63) is 0 Å². The van der Waals surface area contributed by atoms with Crippen molar-refractivity contribution in [2.45, 2.75) is 58.7 Å².